The van der Waals surface area contributed by atoms with Crippen molar-refractivity contribution in [2.75, 3.05) is 26.2 Å². The molecular formula is C63H77ClN8O4. The SMILES string of the molecule is Cc1ccc2c(c1)C(CCCn1cnc(C)c1)=Cc1cccnc1C2C1CCN(C(=O)OC(C)(C)C)CC1.Cc1cncn1CCCC1=Cc2cccnc2C(C2CCN(C(=O)OC(C)(C)C)CC2)c2ccc(Cl)cc21. The first-order valence-electron chi connectivity index (χ1n) is 27.5. The molecule has 12 nitrogen and oxygen atoms in total. The van der Waals surface area contributed by atoms with Gasteiger partial charge in [-0.1, -0.05) is 53.6 Å². The Labute approximate surface area is 455 Å². The lowest BCUT2D eigenvalue weighted by Gasteiger charge is -2.37. The second-order valence-electron chi connectivity index (χ2n) is 23.4. The second kappa shape index (κ2) is 23.4. The van der Waals surface area contributed by atoms with E-state index in [-0.39, 0.29) is 24.0 Å². The Bertz CT molecular complexity index is 3070. The molecule has 2 aliphatic heterocycles. The van der Waals surface area contributed by atoms with Crippen LogP contribution in [0.3, 0.4) is 0 Å². The highest BCUT2D eigenvalue weighted by atomic mass is 35.5. The molecule has 400 valence electrons. The van der Waals surface area contributed by atoms with E-state index in [0.717, 1.165) is 86.6 Å². The van der Waals surface area contributed by atoms with Gasteiger partial charge in [-0.3, -0.25) is 9.97 Å². The first-order valence-corrected chi connectivity index (χ1v) is 27.9. The minimum atomic E-state index is -0.491. The van der Waals surface area contributed by atoms with Gasteiger partial charge in [0.05, 0.1) is 29.7 Å². The first kappa shape index (κ1) is 54.3. The summed E-state index contributed by atoms with van der Waals surface area (Å²) in [6.07, 6.45) is 23.6. The van der Waals surface area contributed by atoms with Crippen LogP contribution >= 0.6 is 11.6 Å². The maximum Gasteiger partial charge on any atom is 0.410 e. The van der Waals surface area contributed by atoms with E-state index in [2.05, 4.69) is 93.8 Å². The van der Waals surface area contributed by atoms with Crippen molar-refractivity contribution in [3.63, 3.8) is 0 Å². The van der Waals surface area contributed by atoms with Crippen molar-refractivity contribution < 1.29 is 19.1 Å². The molecular weight excluding hydrogens is 968 g/mol. The predicted octanol–water partition coefficient (Wildman–Crippen LogP) is 14.4. The number of halogens is 1. The standard InChI is InChI=1S/C32H40N4O2.C31H37ClN4O2/c1-22-10-11-27-28(18-22)25(9-7-15-35-20-23(2)34-21-35)19-26-8-6-14-33-30(26)29(27)24-12-16-36(17-13-24)31(37)38-32(3,4)5;1-21-19-33-20-36(21)14-6-8-23-17-24-7-5-13-34-29(24)28(26-10-9-25(32)18-27(23)26)22-11-15-35(16-12-22)30(37)38-31(2,3)4/h6,8,10-11,14,18-21,24,29H,7,9,12-13,15-17H2,1-5H3;5,7,9-10,13,17-20,22,28H,6,8,11-12,14-16H2,1-4H3. The van der Waals surface area contributed by atoms with Crippen LogP contribution in [0, 0.1) is 32.6 Å². The number of hydrogen-bond donors (Lipinski definition) is 0. The number of likely N-dealkylation sites (tertiary alicyclic amines) is 2. The largest absolute Gasteiger partial charge is 0.444 e. The van der Waals surface area contributed by atoms with Gasteiger partial charge in [-0.15, -0.1) is 0 Å². The number of carbonyl (C=O) groups is 2. The number of aryl methyl sites for hydroxylation is 5. The third kappa shape index (κ3) is 13.2. The van der Waals surface area contributed by atoms with E-state index in [1.807, 2.05) is 108 Å². The summed E-state index contributed by atoms with van der Waals surface area (Å²) < 4.78 is 15.7. The van der Waals surface area contributed by atoms with Crippen LogP contribution in [0.2, 0.25) is 5.02 Å². The van der Waals surface area contributed by atoms with Crippen molar-refractivity contribution in [3.8, 4) is 0 Å². The lowest BCUT2D eigenvalue weighted by atomic mass is 9.75. The molecule has 0 bridgehead atoms. The number of hydrogen-bond acceptors (Lipinski definition) is 8. The molecule has 0 radical (unpaired) electrons. The highest BCUT2D eigenvalue weighted by molar-refractivity contribution is 6.30. The van der Waals surface area contributed by atoms with Gasteiger partial charge in [-0.25, -0.2) is 19.6 Å². The van der Waals surface area contributed by atoms with Gasteiger partial charge in [0.25, 0.3) is 0 Å². The summed E-state index contributed by atoms with van der Waals surface area (Å²) in [6.45, 7) is 22.5. The summed E-state index contributed by atoms with van der Waals surface area (Å²) >= 11 is 6.57. The number of aromatic nitrogens is 6. The summed E-state index contributed by atoms with van der Waals surface area (Å²) in [4.78, 5) is 47.7. The van der Waals surface area contributed by atoms with Crippen LogP contribution in [-0.4, -0.2) is 88.4 Å². The smallest absolute Gasteiger partial charge is 0.410 e. The molecule has 4 aromatic heterocycles. The highest BCUT2D eigenvalue weighted by Crippen LogP contribution is 2.47. The van der Waals surface area contributed by atoms with Crippen LogP contribution in [0.25, 0.3) is 23.3 Å². The molecule has 0 saturated carbocycles. The van der Waals surface area contributed by atoms with Crippen molar-refractivity contribution in [3.05, 3.63) is 165 Å². The fourth-order valence-electron chi connectivity index (χ4n) is 11.7. The van der Waals surface area contributed by atoms with Gasteiger partial charge < -0.3 is 28.4 Å². The zero-order valence-corrected chi connectivity index (χ0v) is 46.9. The summed E-state index contributed by atoms with van der Waals surface area (Å²) in [6, 6.07) is 21.7. The molecule has 0 spiro atoms. The molecule has 6 heterocycles. The van der Waals surface area contributed by atoms with Crippen LogP contribution < -0.4 is 0 Å². The molecule has 2 fully saturated rings. The zero-order valence-electron chi connectivity index (χ0n) is 46.2. The molecule has 2 aliphatic carbocycles. The van der Waals surface area contributed by atoms with Crippen LogP contribution in [0.5, 0.6) is 0 Å². The molecule has 4 aliphatic rings. The summed E-state index contributed by atoms with van der Waals surface area (Å²) in [5.41, 5.74) is 15.1. The molecule has 2 amide bonds. The Morgan fingerprint density at radius 1 is 0.645 bits per heavy atom. The van der Waals surface area contributed by atoms with Gasteiger partial charge in [0.15, 0.2) is 0 Å². The minimum Gasteiger partial charge on any atom is -0.444 e. The van der Waals surface area contributed by atoms with Gasteiger partial charge >= 0.3 is 12.2 Å². The molecule has 6 aromatic rings. The van der Waals surface area contributed by atoms with Gasteiger partial charge in [0, 0.05) is 86.6 Å². The Kier molecular flexibility index (Phi) is 16.7. The molecule has 10 rings (SSSR count). The minimum absolute atomic E-state index is 0.142. The third-order valence-electron chi connectivity index (χ3n) is 15.3. The number of benzene rings is 2. The number of piperidine rings is 2. The van der Waals surface area contributed by atoms with Gasteiger partial charge in [0.1, 0.15) is 11.2 Å². The molecule has 2 saturated heterocycles. The van der Waals surface area contributed by atoms with E-state index in [9.17, 15) is 9.59 Å². The van der Waals surface area contributed by atoms with Gasteiger partial charge in [0.2, 0.25) is 0 Å². The fourth-order valence-corrected chi connectivity index (χ4v) is 11.9. The Morgan fingerprint density at radius 2 is 1.16 bits per heavy atom. The predicted molar refractivity (Wildman–Crippen MR) is 304 cm³/mol. The number of amides is 2. The van der Waals surface area contributed by atoms with Crippen molar-refractivity contribution in [1.29, 1.82) is 0 Å². The Balaban J connectivity index is 0.000000186. The molecule has 2 unspecified atom stereocenters. The summed E-state index contributed by atoms with van der Waals surface area (Å²) in [5.74, 6) is 1.12. The van der Waals surface area contributed by atoms with Crippen LogP contribution in [0.4, 0.5) is 9.59 Å². The number of pyridine rings is 2. The van der Waals surface area contributed by atoms with E-state index >= 15 is 0 Å². The summed E-state index contributed by atoms with van der Waals surface area (Å²) in [5, 5.41) is 0.748. The van der Waals surface area contributed by atoms with E-state index in [1.165, 1.54) is 55.8 Å². The monoisotopic (exact) mass is 1040 g/mol. The normalized spacial score (nSPS) is 17.9. The topological polar surface area (TPSA) is 120 Å². The van der Waals surface area contributed by atoms with E-state index in [0.29, 0.717) is 38.0 Å². The van der Waals surface area contributed by atoms with Crippen LogP contribution in [-0.2, 0) is 22.6 Å². The van der Waals surface area contributed by atoms with E-state index < -0.39 is 11.2 Å². The van der Waals surface area contributed by atoms with Gasteiger partial charge in [-0.2, -0.15) is 0 Å². The number of carbonyl (C=O) groups excluding carboxylic acids is 2. The maximum atomic E-state index is 12.7. The number of allylic oxidation sites excluding steroid dienone is 2. The third-order valence-corrected chi connectivity index (χ3v) is 15.5. The van der Waals surface area contributed by atoms with Crippen LogP contribution in [0.15, 0.2) is 98.1 Å². The first-order chi connectivity index (χ1) is 36.4. The Hall–Kier alpha value is -6.53. The average Bonchev–Trinajstić information content (AvgIpc) is 3.95. The highest BCUT2D eigenvalue weighted by Gasteiger charge is 2.38. The average molecular weight is 1050 g/mol. The van der Waals surface area contributed by atoms with Crippen molar-refractivity contribution in [1.82, 2.24) is 38.9 Å². The lowest BCUT2D eigenvalue weighted by molar-refractivity contribution is 0.0167. The molecule has 2 atom stereocenters. The van der Waals surface area contributed by atoms with E-state index in [4.69, 9.17) is 31.0 Å². The number of fused-ring (bicyclic) bond motifs is 4. The zero-order chi connectivity index (χ0) is 53.7. The number of imidazole rings is 2. The van der Waals surface area contributed by atoms with E-state index in [1.54, 1.807) is 0 Å². The molecule has 76 heavy (non-hydrogen) atoms. The number of nitrogens with zero attached hydrogens (tertiary/aromatic N) is 8. The van der Waals surface area contributed by atoms with Crippen molar-refractivity contribution in [2.24, 2.45) is 11.8 Å². The van der Waals surface area contributed by atoms with Crippen molar-refractivity contribution >= 4 is 47.1 Å². The van der Waals surface area contributed by atoms with Gasteiger partial charge in [-0.05, 0) is 206 Å². The lowest BCUT2D eigenvalue weighted by Crippen LogP contribution is -2.42. The fraction of sp³-hybridized carbons (Fsp3) is 0.460. The number of ether oxygens (including phenoxy) is 2. The maximum absolute atomic E-state index is 12.7. The summed E-state index contributed by atoms with van der Waals surface area (Å²) in [7, 11) is 0. The number of rotatable bonds is 10. The van der Waals surface area contributed by atoms with Crippen molar-refractivity contribution in [2.45, 2.75) is 150 Å². The molecule has 2 aromatic carbocycles. The Morgan fingerprint density at radius 3 is 1.64 bits per heavy atom. The molecule has 0 N–H and O–H groups in total. The quantitative estimate of drug-likeness (QED) is 0.133. The molecule has 13 heteroatoms. The second-order valence-corrected chi connectivity index (χ2v) is 23.8. The van der Waals surface area contributed by atoms with Crippen LogP contribution in [0.1, 0.15) is 166 Å².